The molecule has 0 bridgehead atoms. The minimum Gasteiger partial charge on any atom is -0.334 e. The van der Waals surface area contributed by atoms with Gasteiger partial charge in [0.05, 0.1) is 12.2 Å². The molecule has 0 saturated carbocycles. The minimum atomic E-state index is 0.665. The van der Waals surface area contributed by atoms with E-state index in [1.807, 2.05) is 12.4 Å². The largest absolute Gasteiger partial charge is 0.334 e. The Labute approximate surface area is 127 Å². The number of rotatable bonds is 7. The number of aromatic nitrogens is 4. The van der Waals surface area contributed by atoms with Gasteiger partial charge in [0.15, 0.2) is 0 Å². The van der Waals surface area contributed by atoms with E-state index in [1.54, 1.807) is 0 Å². The topological polar surface area (TPSA) is 47.7 Å². The van der Waals surface area contributed by atoms with Gasteiger partial charge in [-0.15, -0.1) is 0 Å². The first-order valence-electron chi connectivity index (χ1n) is 7.76. The molecule has 116 valence electrons. The highest BCUT2D eigenvalue weighted by Gasteiger charge is 2.13. The van der Waals surface area contributed by atoms with Crippen LogP contribution in [0.25, 0.3) is 0 Å². The zero-order valence-corrected chi connectivity index (χ0v) is 13.8. The molecule has 2 rings (SSSR count). The van der Waals surface area contributed by atoms with E-state index in [1.165, 1.54) is 11.3 Å². The van der Waals surface area contributed by atoms with Crippen LogP contribution >= 0.6 is 0 Å². The van der Waals surface area contributed by atoms with Crippen LogP contribution in [0.2, 0.25) is 0 Å². The Morgan fingerprint density at radius 2 is 2.05 bits per heavy atom. The van der Waals surface area contributed by atoms with Crippen LogP contribution in [-0.4, -0.2) is 25.9 Å². The summed E-state index contributed by atoms with van der Waals surface area (Å²) in [6.07, 6.45) is 3.88. The Kier molecular flexibility index (Phi) is 5.17. The van der Waals surface area contributed by atoms with Gasteiger partial charge in [-0.25, -0.2) is 4.98 Å². The van der Waals surface area contributed by atoms with Crippen LogP contribution in [0.4, 0.5) is 0 Å². The summed E-state index contributed by atoms with van der Waals surface area (Å²) >= 11 is 0. The average molecular weight is 289 g/mol. The van der Waals surface area contributed by atoms with E-state index in [0.29, 0.717) is 5.92 Å². The Morgan fingerprint density at radius 1 is 1.29 bits per heavy atom. The number of nitrogens with one attached hydrogen (secondary N) is 1. The maximum Gasteiger partial charge on any atom is 0.130 e. The minimum absolute atomic E-state index is 0.665. The van der Waals surface area contributed by atoms with Gasteiger partial charge in [-0.05, 0) is 33.2 Å². The van der Waals surface area contributed by atoms with E-state index in [-0.39, 0.29) is 0 Å². The molecule has 2 aromatic heterocycles. The lowest BCUT2D eigenvalue weighted by atomic mass is 10.2. The highest BCUT2D eigenvalue weighted by molar-refractivity contribution is 5.24. The maximum atomic E-state index is 4.68. The average Bonchev–Trinajstić information content (AvgIpc) is 2.98. The summed E-state index contributed by atoms with van der Waals surface area (Å²) in [5.41, 5.74) is 3.65. The molecule has 2 aromatic rings. The van der Waals surface area contributed by atoms with Crippen molar-refractivity contribution in [1.29, 1.82) is 0 Å². The van der Waals surface area contributed by atoms with Crippen molar-refractivity contribution in [3.63, 3.8) is 0 Å². The predicted octanol–water partition coefficient (Wildman–Crippen LogP) is 2.51. The molecule has 5 heteroatoms. The third-order valence-electron chi connectivity index (χ3n) is 3.82. The van der Waals surface area contributed by atoms with Gasteiger partial charge in [0.1, 0.15) is 5.82 Å². The highest BCUT2D eigenvalue weighted by Crippen LogP contribution is 2.14. The molecule has 0 aliphatic carbocycles. The smallest absolute Gasteiger partial charge is 0.130 e. The van der Waals surface area contributed by atoms with Gasteiger partial charge in [-0.1, -0.05) is 13.8 Å². The molecule has 21 heavy (non-hydrogen) atoms. The van der Waals surface area contributed by atoms with Crippen LogP contribution in [0.1, 0.15) is 43.5 Å². The molecule has 0 aliphatic heterocycles. The van der Waals surface area contributed by atoms with Gasteiger partial charge >= 0.3 is 0 Å². The second kappa shape index (κ2) is 6.89. The third kappa shape index (κ3) is 3.73. The van der Waals surface area contributed by atoms with Crippen molar-refractivity contribution in [1.82, 2.24) is 24.6 Å². The molecule has 1 N–H and O–H groups in total. The zero-order valence-electron chi connectivity index (χ0n) is 13.8. The molecule has 2 heterocycles. The van der Waals surface area contributed by atoms with E-state index < -0.39 is 0 Å². The lowest BCUT2D eigenvalue weighted by Gasteiger charge is -2.09. The number of aryl methyl sites for hydroxylation is 2. The second-order valence-electron chi connectivity index (χ2n) is 5.96. The van der Waals surface area contributed by atoms with E-state index in [9.17, 15) is 0 Å². The number of nitrogens with zero attached hydrogens (tertiary/aromatic N) is 4. The summed E-state index contributed by atoms with van der Waals surface area (Å²) in [6.45, 7) is 14.4. The quantitative estimate of drug-likeness (QED) is 0.852. The Bertz CT molecular complexity index is 580. The van der Waals surface area contributed by atoms with E-state index in [0.717, 1.165) is 37.7 Å². The molecule has 0 unspecified atom stereocenters. The van der Waals surface area contributed by atoms with Gasteiger partial charge in [-0.3, -0.25) is 4.68 Å². The molecule has 0 radical (unpaired) electrons. The third-order valence-corrected chi connectivity index (χ3v) is 3.82. The van der Waals surface area contributed by atoms with Gasteiger partial charge < -0.3 is 9.88 Å². The molecular formula is C16H27N5. The molecule has 0 aliphatic rings. The first-order valence-corrected chi connectivity index (χ1v) is 7.76. The van der Waals surface area contributed by atoms with Crippen LogP contribution in [0.15, 0.2) is 12.4 Å². The molecule has 0 saturated heterocycles. The first kappa shape index (κ1) is 15.8. The molecule has 5 nitrogen and oxygen atoms in total. The van der Waals surface area contributed by atoms with Gasteiger partial charge in [0, 0.05) is 36.7 Å². The normalized spacial score (nSPS) is 11.5. The van der Waals surface area contributed by atoms with Gasteiger partial charge in [0.25, 0.3) is 0 Å². The predicted molar refractivity (Wildman–Crippen MR) is 85.2 cm³/mol. The van der Waals surface area contributed by atoms with Crippen LogP contribution in [0.5, 0.6) is 0 Å². The van der Waals surface area contributed by atoms with Gasteiger partial charge in [0.2, 0.25) is 0 Å². The second-order valence-corrected chi connectivity index (χ2v) is 5.96. The SMILES string of the molecule is CCn1ccnc1Cn1nc(C)c(CNCC(C)C)c1C. The van der Waals surface area contributed by atoms with Crippen molar-refractivity contribution in [2.24, 2.45) is 5.92 Å². The van der Waals surface area contributed by atoms with E-state index in [4.69, 9.17) is 0 Å². The summed E-state index contributed by atoms with van der Waals surface area (Å²) in [5, 5.41) is 8.18. The summed E-state index contributed by atoms with van der Waals surface area (Å²) in [7, 11) is 0. The number of hydrogen-bond acceptors (Lipinski definition) is 3. The fourth-order valence-corrected chi connectivity index (χ4v) is 2.54. The summed E-state index contributed by atoms with van der Waals surface area (Å²) in [6, 6.07) is 0. The number of hydrogen-bond donors (Lipinski definition) is 1. The van der Waals surface area contributed by atoms with E-state index >= 15 is 0 Å². The summed E-state index contributed by atoms with van der Waals surface area (Å²) in [5.74, 6) is 1.72. The Balaban J connectivity index is 2.11. The molecule has 0 amide bonds. The van der Waals surface area contributed by atoms with E-state index in [2.05, 4.69) is 59.3 Å². The van der Waals surface area contributed by atoms with Crippen molar-refractivity contribution in [2.45, 2.75) is 54.3 Å². The van der Waals surface area contributed by atoms with Crippen molar-refractivity contribution >= 4 is 0 Å². The van der Waals surface area contributed by atoms with Crippen LogP contribution in [0, 0.1) is 19.8 Å². The highest BCUT2D eigenvalue weighted by atomic mass is 15.3. The van der Waals surface area contributed by atoms with Crippen LogP contribution < -0.4 is 5.32 Å². The van der Waals surface area contributed by atoms with Crippen molar-refractivity contribution in [2.75, 3.05) is 6.54 Å². The lowest BCUT2D eigenvalue weighted by Crippen LogP contribution is -2.19. The standard InChI is InChI=1S/C16H27N5/c1-6-20-8-7-18-16(20)11-21-14(5)15(13(4)19-21)10-17-9-12(2)3/h7-8,12,17H,6,9-11H2,1-5H3. The summed E-state index contributed by atoms with van der Waals surface area (Å²) in [4.78, 5) is 4.43. The number of imidazole rings is 1. The van der Waals surface area contributed by atoms with Crippen LogP contribution in [0.3, 0.4) is 0 Å². The molecule has 0 atom stereocenters. The first-order chi connectivity index (χ1) is 10.0. The van der Waals surface area contributed by atoms with Gasteiger partial charge in [-0.2, -0.15) is 5.10 Å². The monoisotopic (exact) mass is 289 g/mol. The molecule has 0 fully saturated rings. The molecular weight excluding hydrogens is 262 g/mol. The van der Waals surface area contributed by atoms with Crippen molar-refractivity contribution in [3.8, 4) is 0 Å². The van der Waals surface area contributed by atoms with Crippen molar-refractivity contribution in [3.05, 3.63) is 35.2 Å². The Morgan fingerprint density at radius 3 is 2.71 bits per heavy atom. The van der Waals surface area contributed by atoms with Crippen molar-refractivity contribution < 1.29 is 0 Å². The van der Waals surface area contributed by atoms with Crippen LogP contribution in [-0.2, 0) is 19.6 Å². The fraction of sp³-hybridized carbons (Fsp3) is 0.625. The maximum absolute atomic E-state index is 4.68. The Hall–Kier alpha value is -1.62. The summed E-state index contributed by atoms with van der Waals surface area (Å²) < 4.78 is 4.23. The molecule has 0 aromatic carbocycles. The lowest BCUT2D eigenvalue weighted by molar-refractivity contribution is 0.549. The molecule has 0 spiro atoms. The fourth-order valence-electron chi connectivity index (χ4n) is 2.54. The zero-order chi connectivity index (χ0) is 15.4.